The highest BCUT2D eigenvalue weighted by atomic mass is 16.1. The van der Waals surface area contributed by atoms with Crippen molar-refractivity contribution >= 4 is 17.1 Å². The number of hydrogen-bond donors (Lipinski definition) is 0. The minimum atomic E-state index is 0.793. The van der Waals surface area contributed by atoms with Crippen LogP contribution in [0.1, 0.15) is 21.5 Å². The predicted molar refractivity (Wildman–Crippen MR) is 58.8 cm³/mol. The molecule has 2 rings (SSSR count). The van der Waals surface area contributed by atoms with E-state index in [0.717, 1.165) is 23.0 Å². The van der Waals surface area contributed by atoms with E-state index in [0.29, 0.717) is 0 Å². The highest BCUT2D eigenvalue weighted by Gasteiger charge is 2.04. The second-order valence-corrected chi connectivity index (χ2v) is 3.57. The van der Waals surface area contributed by atoms with E-state index in [1.165, 1.54) is 10.8 Å². The molecule has 0 aliphatic rings. The molecule has 1 nitrogen and oxygen atoms in total. The van der Waals surface area contributed by atoms with Gasteiger partial charge in [0.1, 0.15) is 6.29 Å². The molecule has 0 atom stereocenters. The Labute approximate surface area is 83.4 Å². The number of rotatable bonds is 1. The summed E-state index contributed by atoms with van der Waals surface area (Å²) in [4.78, 5) is 10.8. The Bertz CT molecular complexity index is 498. The Morgan fingerprint density at radius 1 is 1.07 bits per heavy atom. The summed E-state index contributed by atoms with van der Waals surface area (Å²) >= 11 is 0. The van der Waals surface area contributed by atoms with E-state index < -0.39 is 0 Å². The van der Waals surface area contributed by atoms with Crippen LogP contribution in [0.15, 0.2) is 30.3 Å². The highest BCUT2D eigenvalue weighted by molar-refractivity contribution is 5.94. The van der Waals surface area contributed by atoms with Crippen molar-refractivity contribution in [1.29, 1.82) is 0 Å². The van der Waals surface area contributed by atoms with Gasteiger partial charge < -0.3 is 0 Å². The topological polar surface area (TPSA) is 17.1 Å². The molecule has 0 saturated carbocycles. The monoisotopic (exact) mass is 184 g/mol. The predicted octanol–water partition coefficient (Wildman–Crippen LogP) is 3.27. The Morgan fingerprint density at radius 3 is 2.36 bits per heavy atom. The van der Waals surface area contributed by atoms with Crippen LogP contribution in [-0.4, -0.2) is 6.29 Å². The molecule has 0 N–H and O–H groups in total. The van der Waals surface area contributed by atoms with E-state index in [2.05, 4.69) is 12.1 Å². The fourth-order valence-electron chi connectivity index (χ4n) is 1.85. The molecule has 0 radical (unpaired) electrons. The Morgan fingerprint density at radius 2 is 1.71 bits per heavy atom. The van der Waals surface area contributed by atoms with Gasteiger partial charge in [0.05, 0.1) is 0 Å². The average Bonchev–Trinajstić information content (AvgIpc) is 2.23. The number of hydrogen-bond acceptors (Lipinski definition) is 1. The summed E-state index contributed by atoms with van der Waals surface area (Å²) in [6, 6.07) is 10.1. The molecule has 2 aromatic rings. The lowest BCUT2D eigenvalue weighted by atomic mass is 9.97. The third-order valence-electron chi connectivity index (χ3n) is 2.69. The van der Waals surface area contributed by atoms with Gasteiger partial charge in [-0.15, -0.1) is 0 Å². The highest BCUT2D eigenvalue weighted by Crippen LogP contribution is 2.24. The number of benzene rings is 2. The summed E-state index contributed by atoms with van der Waals surface area (Å²) in [6.45, 7) is 4.03. The molecular weight excluding hydrogens is 172 g/mol. The van der Waals surface area contributed by atoms with Crippen LogP contribution >= 0.6 is 0 Å². The normalized spacial score (nSPS) is 10.4. The summed E-state index contributed by atoms with van der Waals surface area (Å²) < 4.78 is 0. The molecule has 0 spiro atoms. The third kappa shape index (κ3) is 1.22. The van der Waals surface area contributed by atoms with E-state index in [9.17, 15) is 4.79 Å². The zero-order chi connectivity index (χ0) is 10.1. The summed E-state index contributed by atoms with van der Waals surface area (Å²) in [6.07, 6.45) is 0.925. The van der Waals surface area contributed by atoms with Crippen molar-refractivity contribution in [3.63, 3.8) is 0 Å². The molecule has 0 saturated heterocycles. The standard InChI is InChI=1S/C13H12O/c1-9-7-11(8-14)10(2)13-6-4-3-5-12(9)13/h3-8H,1-2H3. The van der Waals surface area contributed by atoms with Crippen molar-refractivity contribution in [3.05, 3.63) is 47.0 Å². The zero-order valence-corrected chi connectivity index (χ0v) is 8.37. The lowest BCUT2D eigenvalue weighted by molar-refractivity contribution is 0.112. The zero-order valence-electron chi connectivity index (χ0n) is 8.37. The second kappa shape index (κ2) is 3.26. The van der Waals surface area contributed by atoms with Crippen LogP contribution in [0.3, 0.4) is 0 Å². The molecule has 0 fully saturated rings. The summed E-state index contributed by atoms with van der Waals surface area (Å²) in [7, 11) is 0. The van der Waals surface area contributed by atoms with Gasteiger partial charge in [-0.05, 0) is 41.8 Å². The Balaban J connectivity index is 2.94. The average molecular weight is 184 g/mol. The van der Waals surface area contributed by atoms with Crippen LogP contribution in [0.25, 0.3) is 10.8 Å². The second-order valence-electron chi connectivity index (χ2n) is 3.57. The molecule has 70 valence electrons. The quantitative estimate of drug-likeness (QED) is 0.622. The van der Waals surface area contributed by atoms with E-state index in [4.69, 9.17) is 0 Å². The first-order valence-corrected chi connectivity index (χ1v) is 4.68. The SMILES string of the molecule is Cc1cc(C=O)c(C)c2ccccc12. The van der Waals surface area contributed by atoms with Crippen molar-refractivity contribution < 1.29 is 4.79 Å². The van der Waals surface area contributed by atoms with Gasteiger partial charge in [0.15, 0.2) is 0 Å². The van der Waals surface area contributed by atoms with Gasteiger partial charge >= 0.3 is 0 Å². The van der Waals surface area contributed by atoms with E-state index in [1.54, 1.807) is 0 Å². The molecule has 14 heavy (non-hydrogen) atoms. The maximum atomic E-state index is 10.8. The fourth-order valence-corrected chi connectivity index (χ4v) is 1.85. The lowest BCUT2D eigenvalue weighted by Crippen LogP contribution is -1.90. The molecule has 2 aromatic carbocycles. The third-order valence-corrected chi connectivity index (χ3v) is 2.69. The van der Waals surface area contributed by atoms with Crippen molar-refractivity contribution in [2.24, 2.45) is 0 Å². The number of carbonyl (C=O) groups excluding carboxylic acids is 1. The fraction of sp³-hybridized carbons (Fsp3) is 0.154. The van der Waals surface area contributed by atoms with Crippen molar-refractivity contribution in [3.8, 4) is 0 Å². The molecule has 1 heteroatoms. The lowest BCUT2D eigenvalue weighted by Gasteiger charge is -2.07. The van der Waals surface area contributed by atoms with Gasteiger partial charge in [-0.1, -0.05) is 24.3 Å². The van der Waals surface area contributed by atoms with Gasteiger partial charge in [0.25, 0.3) is 0 Å². The van der Waals surface area contributed by atoms with Crippen LogP contribution in [0, 0.1) is 13.8 Å². The number of carbonyl (C=O) groups is 1. The maximum Gasteiger partial charge on any atom is 0.150 e. The molecule has 0 aliphatic carbocycles. The first-order valence-electron chi connectivity index (χ1n) is 4.68. The van der Waals surface area contributed by atoms with Crippen LogP contribution in [0.4, 0.5) is 0 Å². The number of aldehydes is 1. The van der Waals surface area contributed by atoms with Crippen LogP contribution in [-0.2, 0) is 0 Å². The van der Waals surface area contributed by atoms with Crippen LogP contribution in [0.5, 0.6) is 0 Å². The number of aryl methyl sites for hydroxylation is 2. The van der Waals surface area contributed by atoms with Crippen molar-refractivity contribution in [2.75, 3.05) is 0 Å². The van der Waals surface area contributed by atoms with E-state index in [1.807, 2.05) is 32.0 Å². The first-order chi connectivity index (χ1) is 6.74. The smallest absolute Gasteiger partial charge is 0.150 e. The van der Waals surface area contributed by atoms with Crippen LogP contribution < -0.4 is 0 Å². The minimum absolute atomic E-state index is 0.793. The number of fused-ring (bicyclic) bond motifs is 1. The molecule has 0 amide bonds. The van der Waals surface area contributed by atoms with Crippen LogP contribution in [0.2, 0.25) is 0 Å². The summed E-state index contributed by atoms with van der Waals surface area (Å²) in [5.74, 6) is 0. The summed E-state index contributed by atoms with van der Waals surface area (Å²) in [5, 5.41) is 2.41. The van der Waals surface area contributed by atoms with Gasteiger partial charge in [0, 0.05) is 5.56 Å². The van der Waals surface area contributed by atoms with Gasteiger partial charge in [-0.2, -0.15) is 0 Å². The van der Waals surface area contributed by atoms with E-state index >= 15 is 0 Å². The molecule has 0 aliphatic heterocycles. The molecule has 0 aromatic heterocycles. The van der Waals surface area contributed by atoms with Gasteiger partial charge in [0.2, 0.25) is 0 Å². The van der Waals surface area contributed by atoms with Crippen molar-refractivity contribution in [1.82, 2.24) is 0 Å². The van der Waals surface area contributed by atoms with E-state index in [-0.39, 0.29) is 0 Å². The molecule has 0 heterocycles. The summed E-state index contributed by atoms with van der Waals surface area (Å²) in [5.41, 5.74) is 3.02. The van der Waals surface area contributed by atoms with Gasteiger partial charge in [-0.25, -0.2) is 0 Å². The van der Waals surface area contributed by atoms with Gasteiger partial charge in [-0.3, -0.25) is 4.79 Å². The minimum Gasteiger partial charge on any atom is -0.298 e. The van der Waals surface area contributed by atoms with Crippen molar-refractivity contribution in [2.45, 2.75) is 13.8 Å². The molecule has 0 bridgehead atoms. The maximum absolute atomic E-state index is 10.8. The molecule has 0 unspecified atom stereocenters. The Hall–Kier alpha value is -1.63. The molecular formula is C13H12O. The Kier molecular flexibility index (Phi) is 2.08. The largest absolute Gasteiger partial charge is 0.298 e. The first kappa shape index (κ1) is 8.95.